The highest BCUT2D eigenvalue weighted by atomic mass is 32.2. The maximum absolute atomic E-state index is 12.6. The van der Waals surface area contributed by atoms with Crippen LogP contribution in [0.25, 0.3) is 17.1 Å². The van der Waals surface area contributed by atoms with Crippen LogP contribution < -0.4 is 10.1 Å². The molecule has 1 fully saturated rings. The number of para-hydroxylation sites is 1. The van der Waals surface area contributed by atoms with Crippen LogP contribution in [-0.2, 0) is 11.3 Å². The van der Waals surface area contributed by atoms with Gasteiger partial charge in [-0.3, -0.25) is 9.36 Å². The normalized spacial score (nSPS) is 13.6. The fourth-order valence-electron chi connectivity index (χ4n) is 4.13. The van der Waals surface area contributed by atoms with E-state index in [1.54, 1.807) is 6.20 Å². The van der Waals surface area contributed by atoms with Crippen LogP contribution in [0.4, 0.5) is 0 Å². The molecule has 0 bridgehead atoms. The number of hydrogen-bond acceptors (Lipinski definition) is 6. The van der Waals surface area contributed by atoms with Crippen LogP contribution in [0.2, 0.25) is 0 Å². The van der Waals surface area contributed by atoms with Crippen LogP contribution in [0, 0.1) is 0 Å². The first-order chi connectivity index (χ1) is 17.3. The largest absolute Gasteiger partial charge is 0.474 e. The Kier molecular flexibility index (Phi) is 7.38. The van der Waals surface area contributed by atoms with Crippen molar-refractivity contribution in [2.45, 2.75) is 43.5 Å². The summed E-state index contributed by atoms with van der Waals surface area (Å²) in [6, 6.07) is 23.7. The fourth-order valence-corrected chi connectivity index (χ4v) is 4.91. The molecule has 4 aromatic rings. The minimum Gasteiger partial charge on any atom is -0.474 e. The van der Waals surface area contributed by atoms with Crippen molar-refractivity contribution in [2.75, 3.05) is 5.75 Å². The van der Waals surface area contributed by atoms with Crippen molar-refractivity contribution in [1.82, 2.24) is 25.1 Å². The number of rotatable bonds is 9. The second kappa shape index (κ2) is 11.2. The summed E-state index contributed by atoms with van der Waals surface area (Å²) in [5.74, 6) is 1.53. The van der Waals surface area contributed by atoms with Gasteiger partial charge in [0.25, 0.3) is 0 Å². The molecule has 2 aromatic carbocycles. The van der Waals surface area contributed by atoms with E-state index < -0.39 is 0 Å². The van der Waals surface area contributed by atoms with Gasteiger partial charge in [0.1, 0.15) is 6.10 Å². The Morgan fingerprint density at radius 3 is 2.51 bits per heavy atom. The van der Waals surface area contributed by atoms with E-state index in [4.69, 9.17) is 4.74 Å². The molecule has 1 aliphatic rings. The molecule has 178 valence electrons. The van der Waals surface area contributed by atoms with Gasteiger partial charge in [0.05, 0.1) is 5.75 Å². The molecule has 2 heterocycles. The van der Waals surface area contributed by atoms with E-state index in [0.29, 0.717) is 17.6 Å². The van der Waals surface area contributed by atoms with Gasteiger partial charge < -0.3 is 10.1 Å². The third-order valence-corrected chi connectivity index (χ3v) is 6.82. The fraction of sp³-hybridized carbons (Fsp3) is 0.259. The lowest BCUT2D eigenvalue weighted by atomic mass is 10.2. The molecule has 0 unspecified atom stereocenters. The van der Waals surface area contributed by atoms with Crippen molar-refractivity contribution in [3.63, 3.8) is 0 Å². The van der Waals surface area contributed by atoms with E-state index >= 15 is 0 Å². The second-order valence-corrected chi connectivity index (χ2v) is 9.38. The van der Waals surface area contributed by atoms with E-state index in [-0.39, 0.29) is 17.8 Å². The molecule has 0 atom stereocenters. The summed E-state index contributed by atoms with van der Waals surface area (Å²) in [6.45, 7) is 0.420. The molecule has 0 aliphatic heterocycles. The third-order valence-electron chi connectivity index (χ3n) is 5.89. The van der Waals surface area contributed by atoms with E-state index in [1.807, 2.05) is 77.4 Å². The number of thioether (sulfide) groups is 1. The molecule has 1 amide bonds. The lowest BCUT2D eigenvalue weighted by molar-refractivity contribution is -0.118. The molecule has 35 heavy (non-hydrogen) atoms. The van der Waals surface area contributed by atoms with Crippen LogP contribution in [0.5, 0.6) is 5.88 Å². The van der Waals surface area contributed by atoms with Gasteiger partial charge >= 0.3 is 0 Å². The Hall–Kier alpha value is -3.65. The summed E-state index contributed by atoms with van der Waals surface area (Å²) in [4.78, 5) is 17.0. The van der Waals surface area contributed by atoms with Crippen LogP contribution in [-0.4, -0.2) is 37.5 Å². The third kappa shape index (κ3) is 5.89. The van der Waals surface area contributed by atoms with Gasteiger partial charge in [-0.2, -0.15) is 0 Å². The zero-order valence-corrected chi connectivity index (χ0v) is 20.2. The topological polar surface area (TPSA) is 81.9 Å². The minimum atomic E-state index is -0.0750. The number of carbonyl (C=O) groups is 1. The van der Waals surface area contributed by atoms with Crippen molar-refractivity contribution in [2.24, 2.45) is 0 Å². The summed E-state index contributed by atoms with van der Waals surface area (Å²) < 4.78 is 7.97. The lowest BCUT2D eigenvalue weighted by Crippen LogP contribution is -2.24. The average Bonchev–Trinajstić information content (AvgIpc) is 3.57. The molecule has 2 aromatic heterocycles. The van der Waals surface area contributed by atoms with Gasteiger partial charge in [0.2, 0.25) is 11.8 Å². The van der Waals surface area contributed by atoms with Gasteiger partial charge in [-0.05, 0) is 49.4 Å². The van der Waals surface area contributed by atoms with Gasteiger partial charge in [-0.15, -0.1) is 10.2 Å². The summed E-state index contributed by atoms with van der Waals surface area (Å²) >= 11 is 1.37. The number of benzene rings is 2. The highest BCUT2D eigenvalue weighted by molar-refractivity contribution is 7.99. The number of nitrogens with zero attached hydrogens (tertiary/aromatic N) is 4. The molecule has 0 saturated heterocycles. The molecular weight excluding hydrogens is 458 g/mol. The molecule has 0 spiro atoms. The highest BCUT2D eigenvalue weighted by Crippen LogP contribution is 2.28. The summed E-state index contributed by atoms with van der Waals surface area (Å²) in [6.07, 6.45) is 6.57. The van der Waals surface area contributed by atoms with Crippen molar-refractivity contribution in [3.05, 3.63) is 84.6 Å². The van der Waals surface area contributed by atoms with Crippen molar-refractivity contribution in [3.8, 4) is 23.0 Å². The van der Waals surface area contributed by atoms with E-state index in [2.05, 4.69) is 20.5 Å². The molecule has 8 heteroatoms. The molecule has 7 nitrogen and oxygen atoms in total. The Labute approximate surface area is 209 Å². The predicted octanol–water partition coefficient (Wildman–Crippen LogP) is 5.06. The second-order valence-electron chi connectivity index (χ2n) is 8.44. The Morgan fingerprint density at radius 1 is 1.00 bits per heavy atom. The number of amides is 1. The number of hydrogen-bond donors (Lipinski definition) is 1. The Bertz CT molecular complexity index is 1260. The standard InChI is InChI=1S/C27H27N5O2S/c33-24(29-18-20-15-16-28-25(17-20)34-23-13-7-8-14-23)19-35-27-31-30-26(21-9-3-1-4-10-21)32(27)22-11-5-2-6-12-22/h1-6,9-12,15-17,23H,7-8,13-14,18-19H2,(H,29,33). The van der Waals surface area contributed by atoms with Crippen LogP contribution in [0.15, 0.2) is 84.1 Å². The van der Waals surface area contributed by atoms with Crippen LogP contribution >= 0.6 is 11.8 Å². The van der Waals surface area contributed by atoms with Crippen molar-refractivity contribution >= 4 is 17.7 Å². The molecule has 1 aliphatic carbocycles. The predicted molar refractivity (Wildman–Crippen MR) is 136 cm³/mol. The smallest absolute Gasteiger partial charge is 0.230 e. The summed E-state index contributed by atoms with van der Waals surface area (Å²) in [7, 11) is 0. The number of carbonyl (C=O) groups excluding carboxylic acids is 1. The highest BCUT2D eigenvalue weighted by Gasteiger charge is 2.18. The van der Waals surface area contributed by atoms with Crippen LogP contribution in [0.1, 0.15) is 31.2 Å². The quantitative estimate of drug-likeness (QED) is 0.334. The molecule has 0 radical (unpaired) electrons. The summed E-state index contributed by atoms with van der Waals surface area (Å²) in [5, 5.41) is 12.5. The van der Waals surface area contributed by atoms with Gasteiger partial charge in [-0.1, -0.05) is 60.3 Å². The first-order valence-electron chi connectivity index (χ1n) is 11.8. The minimum absolute atomic E-state index is 0.0750. The first kappa shape index (κ1) is 23.1. The zero-order valence-electron chi connectivity index (χ0n) is 19.3. The monoisotopic (exact) mass is 485 g/mol. The number of aromatic nitrogens is 4. The maximum Gasteiger partial charge on any atom is 0.230 e. The van der Waals surface area contributed by atoms with Crippen molar-refractivity contribution < 1.29 is 9.53 Å². The molecule has 5 rings (SSSR count). The zero-order chi connectivity index (χ0) is 23.9. The maximum atomic E-state index is 12.6. The van der Waals surface area contributed by atoms with Crippen molar-refractivity contribution in [1.29, 1.82) is 0 Å². The van der Waals surface area contributed by atoms with Gasteiger partial charge in [-0.25, -0.2) is 4.98 Å². The molecular formula is C27H27N5O2S. The average molecular weight is 486 g/mol. The Morgan fingerprint density at radius 2 is 1.74 bits per heavy atom. The van der Waals surface area contributed by atoms with Gasteiger partial charge in [0, 0.05) is 30.1 Å². The van der Waals surface area contributed by atoms with E-state index in [9.17, 15) is 4.79 Å². The molecule has 1 N–H and O–H groups in total. The summed E-state index contributed by atoms with van der Waals surface area (Å²) in [5.41, 5.74) is 2.88. The number of ether oxygens (including phenoxy) is 1. The van der Waals surface area contributed by atoms with E-state index in [1.165, 1.54) is 24.6 Å². The Balaban J connectivity index is 1.23. The number of nitrogens with one attached hydrogen (secondary N) is 1. The number of pyridine rings is 1. The van der Waals surface area contributed by atoms with E-state index in [0.717, 1.165) is 35.5 Å². The lowest BCUT2D eigenvalue weighted by Gasteiger charge is -2.13. The molecule has 1 saturated carbocycles. The first-order valence-corrected chi connectivity index (χ1v) is 12.8. The SMILES string of the molecule is O=C(CSc1nnc(-c2ccccc2)n1-c1ccccc1)NCc1ccnc(OC2CCCC2)c1. The van der Waals surface area contributed by atoms with Gasteiger partial charge in [0.15, 0.2) is 11.0 Å². The van der Waals surface area contributed by atoms with Crippen LogP contribution in [0.3, 0.4) is 0 Å².